The number of aromatic hydroxyl groups is 1. The molecule has 1 atom stereocenters. The molecule has 0 aromatic heterocycles. The molecule has 2 heterocycles. The maximum absolute atomic E-state index is 9.79. The molecule has 2 saturated heterocycles. The number of nitrogens with zero attached hydrogens (tertiary/aromatic N) is 2. The molecule has 2 aliphatic heterocycles. The van der Waals surface area contributed by atoms with Crippen LogP contribution in [0.1, 0.15) is 31.2 Å². The van der Waals surface area contributed by atoms with Crippen LogP contribution in [0, 0.1) is 0 Å². The van der Waals surface area contributed by atoms with E-state index < -0.39 is 0 Å². The summed E-state index contributed by atoms with van der Waals surface area (Å²) in [6.45, 7) is 5.89. The van der Waals surface area contributed by atoms with Crippen molar-refractivity contribution in [3.63, 3.8) is 0 Å². The van der Waals surface area contributed by atoms with E-state index in [-0.39, 0.29) is 5.75 Å². The van der Waals surface area contributed by atoms with Crippen molar-refractivity contribution in [3.8, 4) is 5.75 Å². The third-order valence-corrected chi connectivity index (χ3v) is 5.85. The predicted molar refractivity (Wildman–Crippen MR) is 92.6 cm³/mol. The van der Waals surface area contributed by atoms with Gasteiger partial charge in [0.05, 0.1) is 8.95 Å². The van der Waals surface area contributed by atoms with Crippen molar-refractivity contribution in [1.82, 2.24) is 9.80 Å². The number of hydrogen-bond donors (Lipinski definition) is 1. The van der Waals surface area contributed by atoms with E-state index in [0.717, 1.165) is 21.5 Å². The highest BCUT2D eigenvalue weighted by molar-refractivity contribution is 9.11. The van der Waals surface area contributed by atoms with Crippen LogP contribution in [0.4, 0.5) is 0 Å². The first-order chi connectivity index (χ1) is 10.1. The Kier molecular flexibility index (Phi) is 5.25. The van der Waals surface area contributed by atoms with Gasteiger partial charge in [0.25, 0.3) is 0 Å². The highest BCUT2D eigenvalue weighted by Crippen LogP contribution is 2.34. The number of hydrogen-bond acceptors (Lipinski definition) is 3. The minimum atomic E-state index is 0.284. The molecule has 1 N–H and O–H groups in total. The van der Waals surface area contributed by atoms with Crippen LogP contribution in [-0.2, 0) is 6.54 Å². The van der Waals surface area contributed by atoms with Crippen molar-refractivity contribution < 1.29 is 5.11 Å². The van der Waals surface area contributed by atoms with Crippen LogP contribution in [-0.4, -0.2) is 47.1 Å². The summed E-state index contributed by atoms with van der Waals surface area (Å²) in [5.74, 6) is 0.284. The van der Waals surface area contributed by atoms with Crippen LogP contribution in [0.2, 0.25) is 0 Å². The van der Waals surface area contributed by atoms with Crippen LogP contribution < -0.4 is 0 Å². The zero-order valence-electron chi connectivity index (χ0n) is 12.2. The fraction of sp³-hybridized carbons (Fsp3) is 0.625. The van der Waals surface area contributed by atoms with Gasteiger partial charge in [-0.15, -0.1) is 0 Å². The maximum atomic E-state index is 9.79. The van der Waals surface area contributed by atoms with Gasteiger partial charge in [-0.05, 0) is 81.9 Å². The summed E-state index contributed by atoms with van der Waals surface area (Å²) in [5, 5.41) is 9.79. The SMILES string of the molecule is Oc1c(Br)cc(CN2CCC(N3CCCCC3)C2)cc1Br. The summed E-state index contributed by atoms with van der Waals surface area (Å²) in [7, 11) is 0. The number of phenols is 1. The third kappa shape index (κ3) is 3.81. The molecule has 3 rings (SSSR count). The monoisotopic (exact) mass is 416 g/mol. The molecular formula is C16H22Br2N2O. The first kappa shape index (κ1) is 15.8. The van der Waals surface area contributed by atoms with Crippen LogP contribution >= 0.6 is 31.9 Å². The lowest BCUT2D eigenvalue weighted by Crippen LogP contribution is -2.40. The molecule has 0 bridgehead atoms. The minimum absolute atomic E-state index is 0.284. The van der Waals surface area contributed by atoms with Crippen molar-refractivity contribution >= 4 is 31.9 Å². The number of halogens is 2. The second-order valence-corrected chi connectivity index (χ2v) is 7.89. The van der Waals surface area contributed by atoms with Crippen molar-refractivity contribution in [3.05, 3.63) is 26.6 Å². The van der Waals surface area contributed by atoms with Gasteiger partial charge in [0.2, 0.25) is 0 Å². The van der Waals surface area contributed by atoms with E-state index in [1.807, 2.05) is 12.1 Å². The molecule has 2 aliphatic rings. The standard InChI is InChI=1S/C16H22Br2N2O/c17-14-8-12(9-15(18)16(14)21)10-19-7-4-13(11-19)20-5-2-1-3-6-20/h8-9,13,21H,1-7,10-11H2. The number of piperidine rings is 1. The molecule has 0 spiro atoms. The highest BCUT2D eigenvalue weighted by atomic mass is 79.9. The maximum Gasteiger partial charge on any atom is 0.143 e. The van der Waals surface area contributed by atoms with Gasteiger partial charge in [-0.25, -0.2) is 0 Å². The summed E-state index contributed by atoms with van der Waals surface area (Å²) < 4.78 is 1.53. The predicted octanol–water partition coefficient (Wildman–Crippen LogP) is 3.98. The fourth-order valence-corrected chi connectivity index (χ4v) is 4.79. The zero-order valence-corrected chi connectivity index (χ0v) is 15.4. The molecule has 1 unspecified atom stereocenters. The van der Waals surface area contributed by atoms with Crippen LogP contribution in [0.3, 0.4) is 0 Å². The van der Waals surface area contributed by atoms with E-state index in [4.69, 9.17) is 0 Å². The van der Waals surface area contributed by atoms with Gasteiger partial charge < -0.3 is 5.11 Å². The molecule has 0 amide bonds. The summed E-state index contributed by atoms with van der Waals surface area (Å²) >= 11 is 6.83. The van der Waals surface area contributed by atoms with Crippen molar-refractivity contribution in [2.45, 2.75) is 38.3 Å². The van der Waals surface area contributed by atoms with Crippen LogP contribution in [0.25, 0.3) is 0 Å². The Morgan fingerprint density at radius 1 is 1.05 bits per heavy atom. The van der Waals surface area contributed by atoms with Gasteiger partial charge in [-0.1, -0.05) is 6.42 Å². The molecule has 3 nitrogen and oxygen atoms in total. The van der Waals surface area contributed by atoms with E-state index in [0.29, 0.717) is 0 Å². The molecular weight excluding hydrogens is 396 g/mol. The summed E-state index contributed by atoms with van der Waals surface area (Å²) in [6, 6.07) is 4.79. The largest absolute Gasteiger partial charge is 0.506 e. The number of benzene rings is 1. The Morgan fingerprint density at radius 3 is 2.38 bits per heavy atom. The Morgan fingerprint density at radius 2 is 1.71 bits per heavy atom. The summed E-state index contributed by atoms with van der Waals surface area (Å²) in [6.07, 6.45) is 5.44. The zero-order chi connectivity index (χ0) is 14.8. The average Bonchev–Trinajstić information content (AvgIpc) is 2.94. The molecule has 1 aromatic carbocycles. The smallest absolute Gasteiger partial charge is 0.143 e. The average molecular weight is 418 g/mol. The van der Waals surface area contributed by atoms with Gasteiger partial charge in [0, 0.05) is 25.7 Å². The fourth-order valence-electron chi connectivity index (χ4n) is 3.50. The van der Waals surface area contributed by atoms with Crippen molar-refractivity contribution in [2.24, 2.45) is 0 Å². The molecule has 5 heteroatoms. The quantitative estimate of drug-likeness (QED) is 0.805. The Balaban J connectivity index is 1.59. The molecule has 1 aromatic rings. The van der Waals surface area contributed by atoms with Gasteiger partial charge >= 0.3 is 0 Å². The lowest BCUT2D eigenvalue weighted by atomic mass is 10.1. The highest BCUT2D eigenvalue weighted by Gasteiger charge is 2.28. The Bertz CT molecular complexity index is 480. The Hall–Kier alpha value is -0.100. The van der Waals surface area contributed by atoms with E-state index >= 15 is 0 Å². The van der Waals surface area contributed by atoms with E-state index in [1.165, 1.54) is 57.4 Å². The minimum Gasteiger partial charge on any atom is -0.506 e. The van der Waals surface area contributed by atoms with E-state index in [9.17, 15) is 5.11 Å². The second kappa shape index (κ2) is 6.99. The number of likely N-dealkylation sites (tertiary alicyclic amines) is 2. The third-order valence-electron chi connectivity index (χ3n) is 4.64. The van der Waals surface area contributed by atoms with Gasteiger partial charge in [-0.3, -0.25) is 9.80 Å². The number of rotatable bonds is 3. The summed E-state index contributed by atoms with van der Waals surface area (Å²) in [4.78, 5) is 5.22. The van der Waals surface area contributed by atoms with Crippen molar-refractivity contribution in [2.75, 3.05) is 26.2 Å². The number of phenolic OH excluding ortho intramolecular Hbond substituents is 1. The molecule has 0 aliphatic carbocycles. The second-order valence-electron chi connectivity index (χ2n) is 6.18. The Labute approximate surface area is 143 Å². The normalized spacial score (nSPS) is 24.6. The van der Waals surface area contributed by atoms with Crippen LogP contribution in [0.5, 0.6) is 5.75 Å². The van der Waals surface area contributed by atoms with E-state index in [2.05, 4.69) is 41.7 Å². The van der Waals surface area contributed by atoms with Gasteiger partial charge in [0.15, 0.2) is 0 Å². The molecule has 0 saturated carbocycles. The molecule has 21 heavy (non-hydrogen) atoms. The van der Waals surface area contributed by atoms with Crippen LogP contribution in [0.15, 0.2) is 21.1 Å². The lowest BCUT2D eigenvalue weighted by Gasteiger charge is -2.32. The van der Waals surface area contributed by atoms with E-state index in [1.54, 1.807) is 0 Å². The topological polar surface area (TPSA) is 26.7 Å². The molecule has 2 fully saturated rings. The van der Waals surface area contributed by atoms with Gasteiger partial charge in [-0.2, -0.15) is 0 Å². The first-order valence-electron chi connectivity index (χ1n) is 7.77. The molecule has 116 valence electrons. The first-order valence-corrected chi connectivity index (χ1v) is 9.35. The lowest BCUT2D eigenvalue weighted by molar-refractivity contribution is 0.161. The van der Waals surface area contributed by atoms with Gasteiger partial charge in [0.1, 0.15) is 5.75 Å². The van der Waals surface area contributed by atoms with Crippen molar-refractivity contribution in [1.29, 1.82) is 0 Å². The summed E-state index contributed by atoms with van der Waals surface area (Å²) in [5.41, 5.74) is 1.24. The molecule has 0 radical (unpaired) electrons.